The minimum absolute atomic E-state index is 0.390. The van der Waals surface area contributed by atoms with Crippen molar-refractivity contribution in [1.82, 2.24) is 5.32 Å². The number of thiophene rings is 1. The van der Waals surface area contributed by atoms with Crippen molar-refractivity contribution in [1.29, 1.82) is 0 Å². The minimum Gasteiger partial charge on any atom is -0.309 e. The van der Waals surface area contributed by atoms with Gasteiger partial charge in [0, 0.05) is 15.8 Å². The number of rotatable bonds is 4. The molecule has 2 heteroatoms. The normalized spacial score (nSPS) is 19.0. The Labute approximate surface area is 122 Å². The van der Waals surface area contributed by atoms with Crippen LogP contribution in [-0.4, -0.2) is 6.54 Å². The smallest absolute Gasteiger partial charge is 0.0386 e. The van der Waals surface area contributed by atoms with E-state index in [1.807, 2.05) is 11.3 Å². The van der Waals surface area contributed by atoms with Gasteiger partial charge in [-0.25, -0.2) is 0 Å². The first kappa shape index (κ1) is 15.1. The Morgan fingerprint density at radius 2 is 1.89 bits per heavy atom. The van der Waals surface area contributed by atoms with Crippen molar-refractivity contribution in [2.45, 2.75) is 66.3 Å². The molecule has 2 unspecified atom stereocenters. The molecule has 1 heterocycles. The van der Waals surface area contributed by atoms with Crippen LogP contribution >= 0.6 is 11.3 Å². The van der Waals surface area contributed by atoms with Crippen LogP contribution < -0.4 is 5.32 Å². The summed E-state index contributed by atoms with van der Waals surface area (Å²) in [5.41, 5.74) is 2.02. The standard InChI is InChI=1S/C17H29NS/c1-12(17(3,4)5)11-18-13(2)16-10-14-8-6-7-9-15(14)19-16/h10,12-13,18H,6-9,11H2,1-5H3. The second-order valence-electron chi connectivity index (χ2n) is 7.20. The molecule has 1 aromatic rings. The summed E-state index contributed by atoms with van der Waals surface area (Å²) in [7, 11) is 0. The molecule has 0 fully saturated rings. The van der Waals surface area contributed by atoms with Crippen LogP contribution in [-0.2, 0) is 12.8 Å². The van der Waals surface area contributed by atoms with E-state index < -0.39 is 0 Å². The molecule has 1 aliphatic rings. The summed E-state index contributed by atoms with van der Waals surface area (Å²) >= 11 is 2.04. The molecule has 0 aromatic carbocycles. The van der Waals surface area contributed by atoms with Crippen LogP contribution in [0.25, 0.3) is 0 Å². The summed E-state index contributed by atoms with van der Waals surface area (Å²) in [6.07, 6.45) is 5.38. The van der Waals surface area contributed by atoms with E-state index in [2.05, 4.69) is 46.0 Å². The first-order chi connectivity index (χ1) is 8.88. The van der Waals surface area contributed by atoms with E-state index in [-0.39, 0.29) is 0 Å². The molecule has 2 rings (SSSR count). The molecule has 19 heavy (non-hydrogen) atoms. The van der Waals surface area contributed by atoms with E-state index in [4.69, 9.17) is 0 Å². The van der Waals surface area contributed by atoms with Crippen molar-refractivity contribution >= 4 is 11.3 Å². The highest BCUT2D eigenvalue weighted by Gasteiger charge is 2.21. The molecule has 0 bridgehead atoms. The van der Waals surface area contributed by atoms with Crippen LogP contribution in [0.3, 0.4) is 0 Å². The molecule has 2 atom stereocenters. The lowest BCUT2D eigenvalue weighted by Gasteiger charge is -2.28. The van der Waals surface area contributed by atoms with E-state index in [9.17, 15) is 0 Å². The van der Waals surface area contributed by atoms with Crippen LogP contribution in [0.2, 0.25) is 0 Å². The van der Waals surface area contributed by atoms with Crippen molar-refractivity contribution in [2.24, 2.45) is 11.3 Å². The van der Waals surface area contributed by atoms with Gasteiger partial charge >= 0.3 is 0 Å². The number of fused-ring (bicyclic) bond motifs is 1. The number of nitrogens with one attached hydrogen (secondary N) is 1. The Morgan fingerprint density at radius 3 is 2.53 bits per heavy atom. The Kier molecular flexibility index (Phi) is 4.73. The van der Waals surface area contributed by atoms with Gasteiger partial charge in [0.05, 0.1) is 0 Å². The highest BCUT2D eigenvalue weighted by Crippen LogP contribution is 2.33. The Balaban J connectivity index is 1.93. The van der Waals surface area contributed by atoms with Crippen molar-refractivity contribution in [3.8, 4) is 0 Å². The largest absolute Gasteiger partial charge is 0.309 e. The second-order valence-corrected chi connectivity index (χ2v) is 8.37. The first-order valence-electron chi connectivity index (χ1n) is 7.73. The number of hydrogen-bond acceptors (Lipinski definition) is 2. The average molecular weight is 279 g/mol. The number of aryl methyl sites for hydroxylation is 2. The van der Waals surface area contributed by atoms with Crippen molar-refractivity contribution in [2.75, 3.05) is 6.54 Å². The van der Waals surface area contributed by atoms with E-state index in [0.29, 0.717) is 17.4 Å². The maximum absolute atomic E-state index is 3.72. The fourth-order valence-electron chi connectivity index (χ4n) is 2.49. The molecule has 0 saturated carbocycles. The fourth-order valence-corrected chi connectivity index (χ4v) is 3.77. The quantitative estimate of drug-likeness (QED) is 0.821. The molecule has 108 valence electrons. The van der Waals surface area contributed by atoms with Gasteiger partial charge < -0.3 is 5.32 Å². The lowest BCUT2D eigenvalue weighted by Crippen LogP contribution is -2.31. The third-order valence-electron chi connectivity index (χ3n) is 4.65. The second kappa shape index (κ2) is 5.97. The Hall–Kier alpha value is -0.340. The zero-order chi connectivity index (χ0) is 14.0. The van der Waals surface area contributed by atoms with Crippen LogP contribution in [0.5, 0.6) is 0 Å². The zero-order valence-corrected chi connectivity index (χ0v) is 14.0. The monoisotopic (exact) mass is 279 g/mol. The summed E-state index contributed by atoms with van der Waals surface area (Å²) in [4.78, 5) is 3.19. The summed E-state index contributed by atoms with van der Waals surface area (Å²) in [5.74, 6) is 0.699. The minimum atomic E-state index is 0.390. The maximum atomic E-state index is 3.72. The van der Waals surface area contributed by atoms with E-state index >= 15 is 0 Å². The molecule has 1 N–H and O–H groups in total. The topological polar surface area (TPSA) is 12.0 Å². The predicted octanol–water partition coefficient (Wildman–Crippen LogP) is 4.96. The molecule has 1 nitrogen and oxygen atoms in total. The molecule has 0 aliphatic heterocycles. The van der Waals surface area contributed by atoms with Gasteiger partial charge in [0.15, 0.2) is 0 Å². The average Bonchev–Trinajstić information content (AvgIpc) is 2.78. The fraction of sp³-hybridized carbons (Fsp3) is 0.765. The Morgan fingerprint density at radius 1 is 1.21 bits per heavy atom. The van der Waals surface area contributed by atoms with Crippen LogP contribution in [0.1, 0.15) is 68.8 Å². The number of hydrogen-bond donors (Lipinski definition) is 1. The molecular weight excluding hydrogens is 250 g/mol. The van der Waals surface area contributed by atoms with Crippen molar-refractivity contribution in [3.05, 3.63) is 21.4 Å². The van der Waals surface area contributed by atoms with E-state index in [1.54, 1.807) is 10.4 Å². The van der Waals surface area contributed by atoms with Gasteiger partial charge in [-0.05, 0) is 62.1 Å². The predicted molar refractivity (Wildman–Crippen MR) is 86.0 cm³/mol. The lowest BCUT2D eigenvalue weighted by molar-refractivity contribution is 0.247. The molecule has 1 aliphatic carbocycles. The molecule has 1 aromatic heterocycles. The van der Waals surface area contributed by atoms with Gasteiger partial charge in [-0.15, -0.1) is 11.3 Å². The van der Waals surface area contributed by atoms with Crippen LogP contribution in [0.15, 0.2) is 6.07 Å². The maximum Gasteiger partial charge on any atom is 0.0386 e. The first-order valence-corrected chi connectivity index (χ1v) is 8.54. The summed E-state index contributed by atoms with van der Waals surface area (Å²) < 4.78 is 0. The zero-order valence-electron chi connectivity index (χ0n) is 13.2. The van der Waals surface area contributed by atoms with Crippen molar-refractivity contribution in [3.63, 3.8) is 0 Å². The summed E-state index contributed by atoms with van der Waals surface area (Å²) in [6, 6.07) is 2.96. The highest BCUT2D eigenvalue weighted by molar-refractivity contribution is 7.12. The van der Waals surface area contributed by atoms with E-state index in [0.717, 1.165) is 6.54 Å². The highest BCUT2D eigenvalue weighted by atomic mass is 32.1. The molecular formula is C17H29NS. The van der Waals surface area contributed by atoms with Gasteiger partial charge in [0.2, 0.25) is 0 Å². The summed E-state index contributed by atoms with van der Waals surface area (Å²) in [6.45, 7) is 12.7. The van der Waals surface area contributed by atoms with Crippen LogP contribution in [0, 0.1) is 11.3 Å². The van der Waals surface area contributed by atoms with Gasteiger partial charge in [0.1, 0.15) is 0 Å². The molecule has 0 radical (unpaired) electrons. The van der Waals surface area contributed by atoms with Gasteiger partial charge in [-0.3, -0.25) is 0 Å². The van der Waals surface area contributed by atoms with Gasteiger partial charge in [-0.1, -0.05) is 27.7 Å². The Bertz CT molecular complexity index is 390. The SMILES string of the molecule is CC(NCC(C)C(C)(C)C)c1cc2c(s1)CCCC2. The van der Waals surface area contributed by atoms with E-state index in [1.165, 1.54) is 30.6 Å². The van der Waals surface area contributed by atoms with Gasteiger partial charge in [-0.2, -0.15) is 0 Å². The summed E-state index contributed by atoms with van der Waals surface area (Å²) in [5, 5.41) is 3.72. The molecule has 0 amide bonds. The molecule has 0 saturated heterocycles. The van der Waals surface area contributed by atoms with Gasteiger partial charge in [0.25, 0.3) is 0 Å². The van der Waals surface area contributed by atoms with Crippen LogP contribution in [0.4, 0.5) is 0 Å². The third-order valence-corrected chi connectivity index (χ3v) is 6.07. The molecule has 0 spiro atoms. The lowest BCUT2D eigenvalue weighted by atomic mass is 9.82. The van der Waals surface area contributed by atoms with Crippen molar-refractivity contribution < 1.29 is 0 Å². The third kappa shape index (κ3) is 3.82.